The summed E-state index contributed by atoms with van der Waals surface area (Å²) >= 11 is 5.41. The molecule has 2 aliphatic rings. The molecule has 0 aliphatic carbocycles. The molecule has 0 aromatic heterocycles. The summed E-state index contributed by atoms with van der Waals surface area (Å²) in [5.41, 5.74) is 4.03. The lowest BCUT2D eigenvalue weighted by Crippen LogP contribution is -2.30. The van der Waals surface area contributed by atoms with E-state index < -0.39 is 0 Å². The zero-order valence-corrected chi connectivity index (χ0v) is 16.7. The molecule has 0 bridgehead atoms. The maximum atomic E-state index is 13.0. The van der Waals surface area contributed by atoms with Crippen molar-refractivity contribution >= 4 is 35.0 Å². The number of nitrogens with one attached hydrogen (secondary N) is 1. The van der Waals surface area contributed by atoms with Crippen LogP contribution in [0.15, 0.2) is 36.0 Å². The summed E-state index contributed by atoms with van der Waals surface area (Å²) in [6.45, 7) is 4.93. The first-order chi connectivity index (χ1) is 13.5. The van der Waals surface area contributed by atoms with Gasteiger partial charge in [0.15, 0.2) is 16.6 Å². The second-order valence-electron chi connectivity index (χ2n) is 6.72. The van der Waals surface area contributed by atoms with Gasteiger partial charge in [-0.3, -0.25) is 9.69 Å². The Hall–Kier alpha value is -3.06. The molecule has 144 valence electrons. The third kappa shape index (κ3) is 3.29. The number of nitrogens with zero attached hydrogens (tertiary/aromatic N) is 1. The molecule has 0 spiro atoms. The largest absolute Gasteiger partial charge is 0.493 e. The van der Waals surface area contributed by atoms with E-state index in [2.05, 4.69) is 11.4 Å². The van der Waals surface area contributed by atoms with Gasteiger partial charge in [0.1, 0.15) is 18.9 Å². The monoisotopic (exact) mass is 396 g/mol. The standard InChI is InChI=1S/C21H20N2O4S/c1-12-6-13(2)8-15(7-12)23-20(24)16(22-21(23)28)9-14-10-17(25-3)19-18(11-14)26-4-5-27-19/h6-11H,4-5H2,1-3H3,(H,22,28)/b16-9-. The summed E-state index contributed by atoms with van der Waals surface area (Å²) < 4.78 is 16.7. The van der Waals surface area contributed by atoms with Gasteiger partial charge in [0.25, 0.3) is 5.91 Å². The van der Waals surface area contributed by atoms with Crippen LogP contribution < -0.4 is 24.4 Å². The Morgan fingerprint density at radius 3 is 2.54 bits per heavy atom. The van der Waals surface area contributed by atoms with E-state index >= 15 is 0 Å². The number of hydrogen-bond acceptors (Lipinski definition) is 5. The van der Waals surface area contributed by atoms with Crippen LogP contribution in [0.5, 0.6) is 17.2 Å². The summed E-state index contributed by atoms with van der Waals surface area (Å²) in [5.74, 6) is 1.53. The zero-order chi connectivity index (χ0) is 19.8. The SMILES string of the molecule is COc1cc(/C=C2\NC(=S)N(c3cc(C)cc(C)c3)C2=O)cc2c1OCCO2. The number of aryl methyl sites for hydroxylation is 2. The first-order valence-corrected chi connectivity index (χ1v) is 9.30. The smallest absolute Gasteiger partial charge is 0.281 e. The molecule has 4 rings (SSSR count). The maximum Gasteiger partial charge on any atom is 0.281 e. The molecule has 0 radical (unpaired) electrons. The number of carbonyl (C=O) groups is 1. The van der Waals surface area contributed by atoms with Crippen molar-refractivity contribution in [2.45, 2.75) is 13.8 Å². The Morgan fingerprint density at radius 1 is 1.11 bits per heavy atom. The van der Waals surface area contributed by atoms with Gasteiger partial charge < -0.3 is 19.5 Å². The second kappa shape index (κ2) is 7.16. The minimum atomic E-state index is -0.205. The van der Waals surface area contributed by atoms with Crippen molar-refractivity contribution in [1.82, 2.24) is 5.32 Å². The molecule has 2 heterocycles. The van der Waals surface area contributed by atoms with Gasteiger partial charge in [0.2, 0.25) is 5.75 Å². The van der Waals surface area contributed by atoms with Crippen molar-refractivity contribution in [3.63, 3.8) is 0 Å². The number of rotatable bonds is 3. The van der Waals surface area contributed by atoms with Crippen molar-refractivity contribution < 1.29 is 19.0 Å². The third-order valence-electron chi connectivity index (χ3n) is 4.50. The molecule has 0 unspecified atom stereocenters. The molecule has 2 aromatic rings. The molecule has 28 heavy (non-hydrogen) atoms. The highest BCUT2D eigenvalue weighted by Crippen LogP contribution is 2.41. The van der Waals surface area contributed by atoms with E-state index in [1.165, 1.54) is 4.90 Å². The van der Waals surface area contributed by atoms with Gasteiger partial charge in [-0.2, -0.15) is 0 Å². The summed E-state index contributed by atoms with van der Waals surface area (Å²) in [4.78, 5) is 14.5. The third-order valence-corrected chi connectivity index (χ3v) is 4.79. The van der Waals surface area contributed by atoms with Gasteiger partial charge >= 0.3 is 0 Å². The van der Waals surface area contributed by atoms with Crippen LogP contribution in [0.3, 0.4) is 0 Å². The molecule has 1 amide bonds. The number of carbonyl (C=O) groups excluding carboxylic acids is 1. The topological polar surface area (TPSA) is 60.0 Å². The van der Waals surface area contributed by atoms with Crippen molar-refractivity contribution in [3.05, 3.63) is 52.7 Å². The van der Waals surface area contributed by atoms with E-state index in [-0.39, 0.29) is 5.91 Å². The number of fused-ring (bicyclic) bond motifs is 1. The van der Waals surface area contributed by atoms with Crippen LogP contribution in [0.25, 0.3) is 6.08 Å². The molecule has 1 saturated heterocycles. The molecule has 2 aliphatic heterocycles. The van der Waals surface area contributed by atoms with Crippen molar-refractivity contribution in [2.24, 2.45) is 0 Å². The number of hydrogen-bond donors (Lipinski definition) is 1. The van der Waals surface area contributed by atoms with Crippen LogP contribution in [0.4, 0.5) is 5.69 Å². The lowest BCUT2D eigenvalue weighted by Gasteiger charge is -2.21. The average Bonchev–Trinajstić information content (AvgIpc) is 2.93. The van der Waals surface area contributed by atoms with E-state index in [1.54, 1.807) is 19.3 Å². The lowest BCUT2D eigenvalue weighted by atomic mass is 10.1. The Balaban J connectivity index is 1.70. The van der Waals surface area contributed by atoms with Gasteiger partial charge in [-0.1, -0.05) is 6.07 Å². The first kappa shape index (κ1) is 18.3. The van der Waals surface area contributed by atoms with Crippen molar-refractivity contribution in [2.75, 3.05) is 25.2 Å². The summed E-state index contributed by atoms with van der Waals surface area (Å²) in [7, 11) is 1.57. The molecule has 0 atom stereocenters. The van der Waals surface area contributed by atoms with Crippen LogP contribution >= 0.6 is 12.2 Å². The number of ether oxygens (including phenoxy) is 3. The average molecular weight is 396 g/mol. The highest BCUT2D eigenvalue weighted by Gasteiger charge is 2.32. The number of methoxy groups -OCH3 is 1. The van der Waals surface area contributed by atoms with Crippen molar-refractivity contribution in [3.8, 4) is 17.2 Å². The fraction of sp³-hybridized carbons (Fsp3) is 0.238. The second-order valence-corrected chi connectivity index (χ2v) is 7.11. The van der Waals surface area contributed by atoms with E-state index in [9.17, 15) is 4.79 Å². The molecule has 1 fully saturated rings. The molecular weight excluding hydrogens is 376 g/mol. The number of amides is 1. The molecule has 2 aromatic carbocycles. The predicted octanol–water partition coefficient (Wildman–Crippen LogP) is 3.35. The van der Waals surface area contributed by atoms with E-state index in [4.69, 9.17) is 26.4 Å². The van der Waals surface area contributed by atoms with Gasteiger partial charge in [0.05, 0.1) is 12.8 Å². The zero-order valence-electron chi connectivity index (χ0n) is 15.9. The molecule has 6 nitrogen and oxygen atoms in total. The summed E-state index contributed by atoms with van der Waals surface area (Å²) in [5, 5.41) is 3.37. The lowest BCUT2D eigenvalue weighted by molar-refractivity contribution is -0.113. The van der Waals surface area contributed by atoms with Crippen LogP contribution in [0.2, 0.25) is 0 Å². The van der Waals surface area contributed by atoms with E-state index in [1.807, 2.05) is 32.0 Å². The normalized spacial score (nSPS) is 17.1. The minimum absolute atomic E-state index is 0.205. The predicted molar refractivity (Wildman–Crippen MR) is 111 cm³/mol. The van der Waals surface area contributed by atoms with Gasteiger partial charge in [-0.05, 0) is 73.1 Å². The van der Waals surface area contributed by atoms with Crippen LogP contribution in [0.1, 0.15) is 16.7 Å². The maximum absolute atomic E-state index is 13.0. The Bertz CT molecular complexity index is 978. The molecule has 1 N–H and O–H groups in total. The van der Waals surface area contributed by atoms with Gasteiger partial charge in [0, 0.05) is 0 Å². The molecule has 7 heteroatoms. The number of anilines is 1. The first-order valence-electron chi connectivity index (χ1n) is 8.89. The van der Waals surface area contributed by atoms with Crippen molar-refractivity contribution in [1.29, 1.82) is 0 Å². The fourth-order valence-corrected chi connectivity index (χ4v) is 3.69. The highest BCUT2D eigenvalue weighted by molar-refractivity contribution is 7.80. The quantitative estimate of drug-likeness (QED) is 0.634. The molecule has 0 saturated carbocycles. The van der Waals surface area contributed by atoms with Gasteiger partial charge in [-0.25, -0.2) is 0 Å². The number of benzene rings is 2. The minimum Gasteiger partial charge on any atom is -0.493 e. The van der Waals surface area contributed by atoms with E-state index in [0.717, 1.165) is 22.4 Å². The summed E-state index contributed by atoms with van der Waals surface area (Å²) in [6, 6.07) is 9.56. The Kier molecular flexibility index (Phi) is 4.68. The Morgan fingerprint density at radius 2 is 1.82 bits per heavy atom. The fourth-order valence-electron chi connectivity index (χ4n) is 3.39. The Labute approximate surface area is 168 Å². The van der Waals surface area contributed by atoms with E-state index in [0.29, 0.717) is 41.3 Å². The van der Waals surface area contributed by atoms with Crippen LogP contribution in [0, 0.1) is 13.8 Å². The van der Waals surface area contributed by atoms with Crippen LogP contribution in [-0.4, -0.2) is 31.3 Å². The molecular formula is C21H20N2O4S. The van der Waals surface area contributed by atoms with Crippen LogP contribution in [-0.2, 0) is 4.79 Å². The van der Waals surface area contributed by atoms with Gasteiger partial charge in [-0.15, -0.1) is 0 Å². The summed E-state index contributed by atoms with van der Waals surface area (Å²) in [6.07, 6.45) is 1.73. The number of thiocarbonyl (C=S) groups is 1. The highest BCUT2D eigenvalue weighted by atomic mass is 32.1.